The van der Waals surface area contributed by atoms with Gasteiger partial charge in [0.1, 0.15) is 11.6 Å². The lowest BCUT2D eigenvalue weighted by Crippen LogP contribution is -2.30. The maximum absolute atomic E-state index is 12.8. The Morgan fingerprint density at radius 3 is 2.60 bits per heavy atom. The number of nitrogens with two attached hydrogens (primary N) is 1. The fourth-order valence-electron chi connectivity index (χ4n) is 1.11. The lowest BCUT2D eigenvalue weighted by atomic mass is 9.95. The standard InChI is InChI=1S/C12H18FNO/c1-9-6-10(13)4-5-11(9)15-8-12(2,3)7-14/h4-6H,7-8,14H2,1-3H3. The second-order valence-electron chi connectivity index (χ2n) is 4.57. The molecule has 0 fully saturated rings. The molecule has 0 radical (unpaired) electrons. The van der Waals surface area contributed by atoms with E-state index < -0.39 is 0 Å². The summed E-state index contributed by atoms with van der Waals surface area (Å²) in [5, 5.41) is 0. The molecule has 2 nitrogen and oxygen atoms in total. The van der Waals surface area contributed by atoms with Crippen LogP contribution in [0.1, 0.15) is 19.4 Å². The van der Waals surface area contributed by atoms with Gasteiger partial charge in [0, 0.05) is 12.0 Å². The fourth-order valence-corrected chi connectivity index (χ4v) is 1.11. The monoisotopic (exact) mass is 211 g/mol. The van der Waals surface area contributed by atoms with Crippen LogP contribution < -0.4 is 10.5 Å². The van der Waals surface area contributed by atoms with Gasteiger partial charge in [0.15, 0.2) is 0 Å². The van der Waals surface area contributed by atoms with Gasteiger partial charge in [0.2, 0.25) is 0 Å². The topological polar surface area (TPSA) is 35.2 Å². The van der Waals surface area contributed by atoms with Crippen LogP contribution in [-0.4, -0.2) is 13.2 Å². The minimum atomic E-state index is -0.238. The molecular weight excluding hydrogens is 193 g/mol. The van der Waals surface area contributed by atoms with Crippen molar-refractivity contribution in [1.82, 2.24) is 0 Å². The molecule has 0 saturated carbocycles. The second-order valence-corrected chi connectivity index (χ2v) is 4.57. The van der Waals surface area contributed by atoms with Gasteiger partial charge in [0.05, 0.1) is 6.61 Å². The van der Waals surface area contributed by atoms with Gasteiger partial charge in [-0.15, -0.1) is 0 Å². The van der Waals surface area contributed by atoms with E-state index in [1.54, 1.807) is 6.07 Å². The predicted molar refractivity (Wildman–Crippen MR) is 59.5 cm³/mol. The number of hydrogen-bond donors (Lipinski definition) is 1. The first-order valence-corrected chi connectivity index (χ1v) is 5.04. The molecule has 0 unspecified atom stereocenters. The Bertz CT molecular complexity index is 336. The van der Waals surface area contributed by atoms with Gasteiger partial charge >= 0.3 is 0 Å². The van der Waals surface area contributed by atoms with Crippen molar-refractivity contribution in [3.63, 3.8) is 0 Å². The Kier molecular flexibility index (Phi) is 3.69. The highest BCUT2D eigenvalue weighted by molar-refractivity contribution is 5.32. The molecule has 0 aliphatic heterocycles. The minimum Gasteiger partial charge on any atom is -0.493 e. The summed E-state index contributed by atoms with van der Waals surface area (Å²) in [6, 6.07) is 4.51. The molecule has 2 N–H and O–H groups in total. The van der Waals surface area contributed by atoms with E-state index >= 15 is 0 Å². The van der Waals surface area contributed by atoms with Crippen molar-refractivity contribution >= 4 is 0 Å². The largest absolute Gasteiger partial charge is 0.493 e. The fraction of sp³-hybridized carbons (Fsp3) is 0.500. The summed E-state index contributed by atoms with van der Waals surface area (Å²) in [5.74, 6) is 0.482. The third-order valence-corrected chi connectivity index (χ3v) is 2.31. The third kappa shape index (κ3) is 3.51. The maximum Gasteiger partial charge on any atom is 0.123 e. The van der Waals surface area contributed by atoms with Gasteiger partial charge in [-0.2, -0.15) is 0 Å². The highest BCUT2D eigenvalue weighted by atomic mass is 19.1. The van der Waals surface area contributed by atoms with Gasteiger partial charge in [-0.05, 0) is 30.7 Å². The van der Waals surface area contributed by atoms with Crippen molar-refractivity contribution < 1.29 is 9.13 Å². The molecule has 15 heavy (non-hydrogen) atoms. The average molecular weight is 211 g/mol. The third-order valence-electron chi connectivity index (χ3n) is 2.31. The van der Waals surface area contributed by atoms with E-state index in [0.717, 1.165) is 11.3 Å². The first-order chi connectivity index (χ1) is 6.94. The molecule has 0 bridgehead atoms. The molecule has 0 aliphatic carbocycles. The lowest BCUT2D eigenvalue weighted by Gasteiger charge is -2.23. The molecule has 0 aliphatic rings. The molecule has 0 heterocycles. The Balaban J connectivity index is 2.66. The van der Waals surface area contributed by atoms with Crippen molar-refractivity contribution in [2.75, 3.05) is 13.2 Å². The molecule has 0 atom stereocenters. The van der Waals surface area contributed by atoms with Crippen LogP contribution in [0.4, 0.5) is 4.39 Å². The number of rotatable bonds is 4. The lowest BCUT2D eigenvalue weighted by molar-refractivity contribution is 0.186. The first kappa shape index (κ1) is 12.0. The zero-order valence-corrected chi connectivity index (χ0v) is 9.51. The molecule has 1 rings (SSSR count). The van der Waals surface area contributed by atoms with E-state index in [2.05, 4.69) is 0 Å². The van der Waals surface area contributed by atoms with Crippen LogP contribution in [0, 0.1) is 18.2 Å². The van der Waals surface area contributed by atoms with E-state index in [4.69, 9.17) is 10.5 Å². The van der Waals surface area contributed by atoms with Crippen LogP contribution in [0.5, 0.6) is 5.75 Å². The zero-order valence-electron chi connectivity index (χ0n) is 9.51. The van der Waals surface area contributed by atoms with Crippen LogP contribution in [0.2, 0.25) is 0 Å². The summed E-state index contributed by atoms with van der Waals surface area (Å²) in [6.07, 6.45) is 0. The zero-order chi connectivity index (χ0) is 11.5. The SMILES string of the molecule is Cc1cc(F)ccc1OCC(C)(C)CN. The van der Waals surface area contributed by atoms with Gasteiger partial charge in [-0.3, -0.25) is 0 Å². The Morgan fingerprint density at radius 2 is 2.07 bits per heavy atom. The van der Waals surface area contributed by atoms with Gasteiger partial charge in [0.25, 0.3) is 0 Å². The van der Waals surface area contributed by atoms with E-state index in [1.165, 1.54) is 12.1 Å². The van der Waals surface area contributed by atoms with Crippen molar-refractivity contribution in [2.24, 2.45) is 11.1 Å². The number of aryl methyl sites for hydroxylation is 1. The number of halogens is 1. The van der Waals surface area contributed by atoms with E-state index in [1.807, 2.05) is 20.8 Å². The van der Waals surface area contributed by atoms with E-state index in [9.17, 15) is 4.39 Å². The minimum absolute atomic E-state index is 0.0547. The van der Waals surface area contributed by atoms with Crippen molar-refractivity contribution in [2.45, 2.75) is 20.8 Å². The van der Waals surface area contributed by atoms with E-state index in [-0.39, 0.29) is 11.2 Å². The van der Waals surface area contributed by atoms with E-state index in [0.29, 0.717) is 13.2 Å². The van der Waals surface area contributed by atoms with Crippen LogP contribution >= 0.6 is 0 Å². The van der Waals surface area contributed by atoms with Crippen molar-refractivity contribution in [3.8, 4) is 5.75 Å². The maximum atomic E-state index is 12.8. The number of hydrogen-bond acceptors (Lipinski definition) is 2. The van der Waals surface area contributed by atoms with Gasteiger partial charge < -0.3 is 10.5 Å². The molecule has 1 aromatic rings. The summed E-state index contributed by atoms with van der Waals surface area (Å²) < 4.78 is 18.4. The van der Waals surface area contributed by atoms with Crippen LogP contribution in [0.3, 0.4) is 0 Å². The average Bonchev–Trinajstić information content (AvgIpc) is 2.16. The molecule has 1 aromatic carbocycles. The normalized spacial score (nSPS) is 11.5. The molecule has 3 heteroatoms. The van der Waals surface area contributed by atoms with Gasteiger partial charge in [-0.1, -0.05) is 13.8 Å². The van der Waals surface area contributed by atoms with Crippen LogP contribution in [0.15, 0.2) is 18.2 Å². The molecule has 0 aromatic heterocycles. The van der Waals surface area contributed by atoms with Crippen LogP contribution in [0.25, 0.3) is 0 Å². The van der Waals surface area contributed by atoms with Gasteiger partial charge in [-0.25, -0.2) is 4.39 Å². The van der Waals surface area contributed by atoms with Crippen molar-refractivity contribution in [1.29, 1.82) is 0 Å². The number of ether oxygens (including phenoxy) is 1. The molecule has 0 spiro atoms. The van der Waals surface area contributed by atoms with Crippen LogP contribution in [-0.2, 0) is 0 Å². The molecule has 0 saturated heterocycles. The smallest absolute Gasteiger partial charge is 0.123 e. The highest BCUT2D eigenvalue weighted by Gasteiger charge is 2.16. The predicted octanol–water partition coefficient (Wildman–Crippen LogP) is 2.50. The molecular formula is C12H18FNO. The summed E-state index contributed by atoms with van der Waals surface area (Å²) >= 11 is 0. The molecule has 84 valence electrons. The second kappa shape index (κ2) is 4.62. The summed E-state index contributed by atoms with van der Waals surface area (Å²) in [7, 11) is 0. The summed E-state index contributed by atoms with van der Waals surface area (Å²) in [5.41, 5.74) is 6.35. The Morgan fingerprint density at radius 1 is 1.40 bits per heavy atom. The Labute approximate surface area is 90.2 Å². The highest BCUT2D eigenvalue weighted by Crippen LogP contribution is 2.21. The summed E-state index contributed by atoms with van der Waals surface area (Å²) in [6.45, 7) is 6.99. The molecule has 0 amide bonds. The van der Waals surface area contributed by atoms with Crippen molar-refractivity contribution in [3.05, 3.63) is 29.6 Å². The quantitative estimate of drug-likeness (QED) is 0.830. The number of benzene rings is 1. The Hall–Kier alpha value is -1.09. The first-order valence-electron chi connectivity index (χ1n) is 5.04. The summed E-state index contributed by atoms with van der Waals surface area (Å²) in [4.78, 5) is 0.